The summed E-state index contributed by atoms with van der Waals surface area (Å²) in [5.41, 5.74) is 2.00. The van der Waals surface area contributed by atoms with Gasteiger partial charge in [-0.05, 0) is 63.1 Å². The number of piperidine rings is 1. The van der Waals surface area contributed by atoms with E-state index in [2.05, 4.69) is 61.4 Å². The third-order valence-corrected chi connectivity index (χ3v) is 5.67. The Hall–Kier alpha value is -3.49. The number of anilines is 3. The van der Waals surface area contributed by atoms with Crippen molar-refractivity contribution in [3.05, 3.63) is 49.1 Å². The van der Waals surface area contributed by atoms with Gasteiger partial charge in [0.05, 0.1) is 5.92 Å². The highest BCUT2D eigenvalue weighted by Gasteiger charge is 2.27. The molecule has 0 bridgehead atoms. The van der Waals surface area contributed by atoms with Gasteiger partial charge in [0.25, 0.3) is 0 Å². The minimum absolute atomic E-state index is 0.0486. The predicted molar refractivity (Wildman–Crippen MR) is 121 cm³/mol. The first-order chi connectivity index (χ1) is 15.2. The van der Waals surface area contributed by atoms with Crippen LogP contribution < -0.4 is 15.1 Å². The summed E-state index contributed by atoms with van der Waals surface area (Å²) in [4.78, 5) is 21.2. The molecule has 1 aliphatic rings. The smallest absolute Gasteiger partial charge is 0.229 e. The largest absolute Gasteiger partial charge is 0.372 e. The van der Waals surface area contributed by atoms with Gasteiger partial charge in [-0.1, -0.05) is 0 Å². The van der Waals surface area contributed by atoms with E-state index in [1.807, 2.05) is 24.3 Å². The molecule has 1 aliphatic heterocycles. The number of hydrogen-bond acceptors (Lipinski definition) is 7. The fraction of sp³-hybridized carbons (Fsp3) is 0.409. The molecule has 1 saturated heterocycles. The van der Waals surface area contributed by atoms with Crippen molar-refractivity contribution < 1.29 is 4.79 Å². The molecule has 31 heavy (non-hydrogen) atoms. The van der Waals surface area contributed by atoms with Gasteiger partial charge in [-0.25, -0.2) is 9.67 Å². The van der Waals surface area contributed by atoms with E-state index in [1.54, 1.807) is 11.0 Å². The Morgan fingerprint density at radius 2 is 1.84 bits per heavy atom. The maximum Gasteiger partial charge on any atom is 0.229 e. The van der Waals surface area contributed by atoms with Gasteiger partial charge in [-0.3, -0.25) is 4.79 Å². The number of amides is 1. The van der Waals surface area contributed by atoms with Gasteiger partial charge in [-0.2, -0.15) is 5.10 Å². The average molecular weight is 421 g/mol. The molecule has 1 fully saturated rings. The second-order valence-corrected chi connectivity index (χ2v) is 7.58. The van der Waals surface area contributed by atoms with Crippen molar-refractivity contribution in [1.82, 2.24) is 25.0 Å². The van der Waals surface area contributed by atoms with Gasteiger partial charge < -0.3 is 15.1 Å². The zero-order valence-electron chi connectivity index (χ0n) is 18.0. The molecule has 3 heterocycles. The van der Waals surface area contributed by atoms with E-state index >= 15 is 0 Å². The molecule has 9 heteroatoms. The maximum atomic E-state index is 12.9. The number of benzene rings is 1. The number of hydrogen-bond donors (Lipinski definition) is 1. The molecule has 1 aromatic carbocycles. The number of carbonyl (C=O) groups is 1. The second kappa shape index (κ2) is 9.55. The molecular formula is C22H28N8O. The van der Waals surface area contributed by atoms with Crippen LogP contribution in [0.2, 0.25) is 0 Å². The summed E-state index contributed by atoms with van der Waals surface area (Å²) in [5, 5.41) is 15.7. The monoisotopic (exact) mass is 420 g/mol. The molecule has 0 saturated carbocycles. The van der Waals surface area contributed by atoms with Gasteiger partial charge >= 0.3 is 0 Å². The summed E-state index contributed by atoms with van der Waals surface area (Å²) in [6.07, 6.45) is 4.84. The number of nitrogens with one attached hydrogen (secondary N) is 1. The summed E-state index contributed by atoms with van der Waals surface area (Å²) in [7, 11) is 0. The van der Waals surface area contributed by atoms with Gasteiger partial charge in [0.15, 0.2) is 11.6 Å². The van der Waals surface area contributed by atoms with Crippen molar-refractivity contribution in [1.29, 1.82) is 0 Å². The molecule has 0 aliphatic carbocycles. The van der Waals surface area contributed by atoms with E-state index in [1.165, 1.54) is 12.0 Å². The van der Waals surface area contributed by atoms with Crippen LogP contribution in [0.3, 0.4) is 0 Å². The summed E-state index contributed by atoms with van der Waals surface area (Å²) in [6, 6.07) is 11.8. The van der Waals surface area contributed by atoms with Crippen molar-refractivity contribution in [3.8, 4) is 5.82 Å². The maximum absolute atomic E-state index is 12.9. The Morgan fingerprint density at radius 3 is 2.48 bits per heavy atom. The van der Waals surface area contributed by atoms with Crippen LogP contribution in [0.1, 0.15) is 26.7 Å². The minimum Gasteiger partial charge on any atom is -0.372 e. The van der Waals surface area contributed by atoms with Crippen LogP contribution in [-0.2, 0) is 4.79 Å². The zero-order valence-corrected chi connectivity index (χ0v) is 18.0. The van der Waals surface area contributed by atoms with Crippen molar-refractivity contribution in [3.63, 3.8) is 0 Å². The highest BCUT2D eigenvalue weighted by molar-refractivity contribution is 5.93. The lowest BCUT2D eigenvalue weighted by Gasteiger charge is -2.32. The van der Waals surface area contributed by atoms with Crippen LogP contribution >= 0.6 is 0 Å². The standard InChI is InChI=1S/C22H28N8O/c1-3-28(4-2)19-9-7-18(8-10-19)25-22(31)17-6-5-13-29(14-17)20-11-12-21(27-26-20)30-16-23-15-24-30/h7-12,15-17H,3-6,13-14H2,1-2H3,(H,25,31). The summed E-state index contributed by atoms with van der Waals surface area (Å²) >= 11 is 0. The van der Waals surface area contributed by atoms with Gasteiger partial charge in [0, 0.05) is 37.6 Å². The lowest BCUT2D eigenvalue weighted by Crippen LogP contribution is -2.41. The summed E-state index contributed by atoms with van der Waals surface area (Å²) in [5.74, 6) is 1.34. The van der Waals surface area contributed by atoms with E-state index in [-0.39, 0.29) is 11.8 Å². The lowest BCUT2D eigenvalue weighted by atomic mass is 9.97. The molecule has 9 nitrogen and oxygen atoms in total. The van der Waals surface area contributed by atoms with Crippen LogP contribution in [0.15, 0.2) is 49.1 Å². The first-order valence-corrected chi connectivity index (χ1v) is 10.8. The minimum atomic E-state index is -0.0898. The topological polar surface area (TPSA) is 92.1 Å². The summed E-state index contributed by atoms with van der Waals surface area (Å²) < 4.78 is 1.56. The summed E-state index contributed by atoms with van der Waals surface area (Å²) in [6.45, 7) is 7.69. The predicted octanol–water partition coefficient (Wildman–Crippen LogP) is 2.76. The van der Waals surface area contributed by atoms with Crippen LogP contribution in [0, 0.1) is 5.92 Å². The SMILES string of the molecule is CCN(CC)c1ccc(NC(=O)C2CCCN(c3ccc(-n4cncn4)nn3)C2)cc1. The molecule has 1 unspecified atom stereocenters. The molecule has 1 amide bonds. The Bertz CT molecular complexity index is 968. The Kier molecular flexibility index (Phi) is 6.40. The van der Waals surface area contributed by atoms with E-state index in [0.29, 0.717) is 12.4 Å². The molecular weight excluding hydrogens is 392 g/mol. The number of rotatable bonds is 7. The quantitative estimate of drug-likeness (QED) is 0.628. The molecule has 0 spiro atoms. The third-order valence-electron chi connectivity index (χ3n) is 5.67. The highest BCUT2D eigenvalue weighted by Crippen LogP contribution is 2.24. The van der Waals surface area contributed by atoms with Crippen molar-refractivity contribution in [2.75, 3.05) is 41.3 Å². The average Bonchev–Trinajstić information content (AvgIpc) is 3.36. The van der Waals surface area contributed by atoms with Crippen LogP contribution in [-0.4, -0.2) is 57.0 Å². The normalized spacial score (nSPS) is 16.2. The Labute approximate surface area is 182 Å². The number of carbonyl (C=O) groups excluding carboxylic acids is 1. The lowest BCUT2D eigenvalue weighted by molar-refractivity contribution is -0.120. The van der Waals surface area contributed by atoms with E-state index in [4.69, 9.17) is 0 Å². The molecule has 2 aromatic heterocycles. The second-order valence-electron chi connectivity index (χ2n) is 7.58. The number of nitrogens with zero attached hydrogens (tertiary/aromatic N) is 7. The first kappa shape index (κ1) is 20.8. The van der Waals surface area contributed by atoms with Gasteiger partial charge in [-0.15, -0.1) is 10.2 Å². The van der Waals surface area contributed by atoms with Crippen molar-refractivity contribution in [2.45, 2.75) is 26.7 Å². The van der Waals surface area contributed by atoms with E-state index in [0.717, 1.165) is 44.0 Å². The Morgan fingerprint density at radius 1 is 1.10 bits per heavy atom. The molecule has 162 valence electrons. The van der Waals surface area contributed by atoms with E-state index < -0.39 is 0 Å². The molecule has 1 atom stereocenters. The molecule has 3 aromatic rings. The van der Waals surface area contributed by atoms with Gasteiger partial charge in [0.2, 0.25) is 5.91 Å². The van der Waals surface area contributed by atoms with Gasteiger partial charge in [0.1, 0.15) is 12.7 Å². The van der Waals surface area contributed by atoms with Crippen LogP contribution in [0.25, 0.3) is 5.82 Å². The third kappa shape index (κ3) is 4.82. The Balaban J connectivity index is 1.37. The zero-order chi connectivity index (χ0) is 21.6. The first-order valence-electron chi connectivity index (χ1n) is 10.8. The number of aromatic nitrogens is 5. The highest BCUT2D eigenvalue weighted by atomic mass is 16.1. The molecule has 0 radical (unpaired) electrons. The van der Waals surface area contributed by atoms with Crippen LogP contribution in [0.4, 0.5) is 17.2 Å². The molecule has 4 rings (SSSR count). The van der Waals surface area contributed by atoms with Crippen molar-refractivity contribution in [2.24, 2.45) is 5.92 Å². The fourth-order valence-corrected chi connectivity index (χ4v) is 3.92. The fourth-order valence-electron chi connectivity index (χ4n) is 3.92. The van der Waals surface area contributed by atoms with Crippen molar-refractivity contribution >= 4 is 23.1 Å². The van der Waals surface area contributed by atoms with E-state index in [9.17, 15) is 4.79 Å². The molecule has 1 N–H and O–H groups in total. The van der Waals surface area contributed by atoms with Crippen LogP contribution in [0.5, 0.6) is 0 Å².